The maximum Gasteiger partial charge on any atom is 0.241 e. The summed E-state index contributed by atoms with van der Waals surface area (Å²) in [6.45, 7) is 5.32. The van der Waals surface area contributed by atoms with Crippen LogP contribution in [-0.4, -0.2) is 33.9 Å². The molecule has 0 fully saturated rings. The molecule has 1 rings (SSSR count). The second-order valence-electron chi connectivity index (χ2n) is 4.17. The molecule has 0 spiro atoms. The number of rotatable bonds is 5. The summed E-state index contributed by atoms with van der Waals surface area (Å²) in [5, 5.41) is 15.1. The Labute approximate surface area is 99.6 Å². The van der Waals surface area contributed by atoms with Gasteiger partial charge >= 0.3 is 0 Å². The molecule has 0 aliphatic carbocycles. The third-order valence-electron chi connectivity index (χ3n) is 2.37. The summed E-state index contributed by atoms with van der Waals surface area (Å²) in [4.78, 5) is 11.5. The highest BCUT2D eigenvalue weighted by Gasteiger charge is 2.19. The molecule has 0 bridgehead atoms. The van der Waals surface area contributed by atoms with Crippen molar-refractivity contribution in [2.45, 2.75) is 33.2 Å². The average Bonchev–Trinajstić information content (AvgIpc) is 2.51. The molecule has 1 aromatic heterocycles. The van der Waals surface area contributed by atoms with Gasteiger partial charge in [-0.05, 0) is 12.8 Å². The standard InChI is InChI=1S/C11H18FN3O2/c1-7(2)11-10(12)8(3)14-15(11)6-9(17)13-4-5-16/h7,16H,4-6H2,1-3H3,(H,13,17). The van der Waals surface area contributed by atoms with Gasteiger partial charge in [0.05, 0.1) is 18.0 Å². The van der Waals surface area contributed by atoms with E-state index in [0.29, 0.717) is 11.4 Å². The Morgan fingerprint density at radius 2 is 2.24 bits per heavy atom. The van der Waals surface area contributed by atoms with E-state index < -0.39 is 0 Å². The number of aliphatic hydroxyl groups excluding tert-OH is 1. The fourth-order valence-electron chi connectivity index (χ4n) is 1.64. The number of amides is 1. The van der Waals surface area contributed by atoms with E-state index in [1.54, 1.807) is 6.92 Å². The summed E-state index contributed by atoms with van der Waals surface area (Å²) in [5.74, 6) is -0.680. The Balaban J connectivity index is 2.84. The van der Waals surface area contributed by atoms with Gasteiger partial charge in [-0.3, -0.25) is 9.48 Å². The van der Waals surface area contributed by atoms with Gasteiger partial charge in [-0.15, -0.1) is 0 Å². The molecule has 0 saturated carbocycles. The summed E-state index contributed by atoms with van der Waals surface area (Å²) >= 11 is 0. The zero-order valence-corrected chi connectivity index (χ0v) is 10.3. The second kappa shape index (κ2) is 5.77. The van der Waals surface area contributed by atoms with Crippen LogP contribution in [0.3, 0.4) is 0 Å². The number of carbonyl (C=O) groups excluding carboxylic acids is 1. The van der Waals surface area contributed by atoms with Crippen molar-refractivity contribution >= 4 is 5.91 Å². The van der Waals surface area contributed by atoms with Crippen LogP contribution in [0.5, 0.6) is 0 Å². The van der Waals surface area contributed by atoms with E-state index in [1.807, 2.05) is 13.8 Å². The van der Waals surface area contributed by atoms with Crippen LogP contribution in [0.15, 0.2) is 0 Å². The second-order valence-corrected chi connectivity index (χ2v) is 4.17. The van der Waals surface area contributed by atoms with Crippen molar-refractivity contribution in [1.82, 2.24) is 15.1 Å². The molecule has 1 amide bonds. The van der Waals surface area contributed by atoms with Crippen LogP contribution in [0.1, 0.15) is 31.2 Å². The van der Waals surface area contributed by atoms with Crippen LogP contribution in [0.4, 0.5) is 4.39 Å². The molecule has 2 N–H and O–H groups in total. The van der Waals surface area contributed by atoms with Gasteiger partial charge in [-0.1, -0.05) is 13.8 Å². The molecule has 0 aliphatic heterocycles. The zero-order chi connectivity index (χ0) is 13.0. The van der Waals surface area contributed by atoms with Crippen LogP contribution in [0, 0.1) is 12.7 Å². The maximum atomic E-state index is 13.7. The van der Waals surface area contributed by atoms with Crippen LogP contribution >= 0.6 is 0 Å². The first kappa shape index (κ1) is 13.6. The Morgan fingerprint density at radius 1 is 1.59 bits per heavy atom. The Morgan fingerprint density at radius 3 is 2.76 bits per heavy atom. The molecular weight excluding hydrogens is 225 g/mol. The molecule has 6 heteroatoms. The molecule has 0 aromatic carbocycles. The topological polar surface area (TPSA) is 67.2 Å². The third-order valence-corrected chi connectivity index (χ3v) is 2.37. The molecular formula is C11H18FN3O2. The number of aryl methyl sites for hydroxylation is 1. The van der Waals surface area contributed by atoms with Crippen LogP contribution in [0.25, 0.3) is 0 Å². The highest BCUT2D eigenvalue weighted by Crippen LogP contribution is 2.20. The lowest BCUT2D eigenvalue weighted by molar-refractivity contribution is -0.122. The lowest BCUT2D eigenvalue weighted by Crippen LogP contribution is -2.31. The minimum Gasteiger partial charge on any atom is -0.395 e. The number of carbonyl (C=O) groups is 1. The molecule has 0 aliphatic rings. The van der Waals surface area contributed by atoms with Gasteiger partial charge in [0.1, 0.15) is 6.54 Å². The lowest BCUT2D eigenvalue weighted by atomic mass is 10.1. The largest absolute Gasteiger partial charge is 0.395 e. The normalized spacial score (nSPS) is 10.9. The molecule has 0 unspecified atom stereocenters. The van der Waals surface area contributed by atoms with Crippen molar-refractivity contribution in [1.29, 1.82) is 0 Å². The molecule has 0 radical (unpaired) electrons. The van der Waals surface area contributed by atoms with E-state index in [-0.39, 0.29) is 37.3 Å². The molecule has 0 saturated heterocycles. The SMILES string of the molecule is Cc1nn(CC(=O)NCCO)c(C(C)C)c1F. The molecule has 1 heterocycles. The van der Waals surface area contributed by atoms with Crippen molar-refractivity contribution in [3.8, 4) is 0 Å². The number of aromatic nitrogens is 2. The molecule has 1 aromatic rings. The quantitative estimate of drug-likeness (QED) is 0.794. The molecule has 96 valence electrons. The van der Waals surface area contributed by atoms with Gasteiger partial charge in [0.15, 0.2) is 5.82 Å². The maximum absolute atomic E-state index is 13.7. The first-order valence-corrected chi connectivity index (χ1v) is 5.57. The number of halogens is 1. The van der Waals surface area contributed by atoms with Gasteiger partial charge in [0, 0.05) is 6.54 Å². The van der Waals surface area contributed by atoms with E-state index in [0.717, 1.165) is 0 Å². The number of nitrogens with zero attached hydrogens (tertiary/aromatic N) is 2. The summed E-state index contributed by atoms with van der Waals surface area (Å²) in [5.41, 5.74) is 0.727. The summed E-state index contributed by atoms with van der Waals surface area (Å²) in [6, 6.07) is 0. The van der Waals surface area contributed by atoms with Crippen LogP contribution in [0.2, 0.25) is 0 Å². The van der Waals surface area contributed by atoms with Gasteiger partial charge in [-0.25, -0.2) is 4.39 Å². The summed E-state index contributed by atoms with van der Waals surface area (Å²) in [6.07, 6.45) is 0. The first-order valence-electron chi connectivity index (χ1n) is 5.57. The van der Waals surface area contributed by atoms with Crippen molar-refractivity contribution in [2.24, 2.45) is 0 Å². The zero-order valence-electron chi connectivity index (χ0n) is 10.3. The highest BCUT2D eigenvalue weighted by atomic mass is 19.1. The fourth-order valence-corrected chi connectivity index (χ4v) is 1.64. The van der Waals surface area contributed by atoms with E-state index in [9.17, 15) is 9.18 Å². The smallest absolute Gasteiger partial charge is 0.241 e. The fraction of sp³-hybridized carbons (Fsp3) is 0.636. The van der Waals surface area contributed by atoms with E-state index in [1.165, 1.54) is 4.68 Å². The van der Waals surface area contributed by atoms with Crippen molar-refractivity contribution in [2.75, 3.05) is 13.2 Å². The third kappa shape index (κ3) is 3.26. The molecule has 17 heavy (non-hydrogen) atoms. The lowest BCUT2D eigenvalue weighted by Gasteiger charge is -2.10. The van der Waals surface area contributed by atoms with Gasteiger partial charge < -0.3 is 10.4 Å². The number of aliphatic hydroxyl groups is 1. The minimum absolute atomic E-state index is 0.0295. The van der Waals surface area contributed by atoms with Gasteiger partial charge in [0.2, 0.25) is 5.91 Å². The monoisotopic (exact) mass is 243 g/mol. The number of hydrogen-bond acceptors (Lipinski definition) is 3. The van der Waals surface area contributed by atoms with Gasteiger partial charge in [-0.2, -0.15) is 5.10 Å². The number of nitrogens with one attached hydrogen (secondary N) is 1. The first-order chi connectivity index (χ1) is 7.97. The van der Waals surface area contributed by atoms with Crippen molar-refractivity contribution < 1.29 is 14.3 Å². The predicted molar refractivity (Wildman–Crippen MR) is 61.1 cm³/mol. The van der Waals surface area contributed by atoms with Crippen LogP contribution in [-0.2, 0) is 11.3 Å². The predicted octanol–water partition coefficient (Wildman–Crippen LogP) is 0.563. The highest BCUT2D eigenvalue weighted by molar-refractivity contribution is 5.75. The van der Waals surface area contributed by atoms with E-state index in [2.05, 4.69) is 10.4 Å². The minimum atomic E-state index is -0.352. The van der Waals surface area contributed by atoms with Crippen molar-refractivity contribution in [3.05, 3.63) is 17.2 Å². The molecule has 5 nitrogen and oxygen atoms in total. The van der Waals surface area contributed by atoms with Crippen molar-refractivity contribution in [3.63, 3.8) is 0 Å². The Bertz CT molecular complexity index is 402. The van der Waals surface area contributed by atoms with E-state index in [4.69, 9.17) is 5.11 Å². The molecule has 0 atom stereocenters. The summed E-state index contributed by atoms with van der Waals surface area (Å²) in [7, 11) is 0. The average molecular weight is 243 g/mol. The van der Waals surface area contributed by atoms with Crippen LogP contribution < -0.4 is 5.32 Å². The summed E-state index contributed by atoms with van der Waals surface area (Å²) < 4.78 is 15.1. The van der Waals surface area contributed by atoms with E-state index >= 15 is 0 Å². The Hall–Kier alpha value is -1.43. The Kier molecular flexibility index (Phi) is 4.62. The number of hydrogen-bond donors (Lipinski definition) is 2. The van der Waals surface area contributed by atoms with Gasteiger partial charge in [0.25, 0.3) is 0 Å².